The molecular weight excluding hydrogens is 617 g/mol. The first kappa shape index (κ1) is 30.5. The van der Waals surface area contributed by atoms with Crippen molar-refractivity contribution < 1.29 is 30.7 Å². The summed E-state index contributed by atoms with van der Waals surface area (Å²) in [6.45, 7) is 1.70. The molecule has 1 heterocycles. The van der Waals surface area contributed by atoms with Crippen molar-refractivity contribution in [1.29, 1.82) is 0 Å². The maximum Gasteiger partial charge on any atom is 0.296 e. The van der Waals surface area contributed by atoms with Crippen molar-refractivity contribution in [3.8, 4) is 5.75 Å². The Bertz CT molecular complexity index is 1910. The first-order chi connectivity index (χ1) is 20.3. The zero-order valence-electron chi connectivity index (χ0n) is 22.8. The molecule has 0 spiro atoms. The third-order valence-corrected chi connectivity index (χ3v) is 9.46. The van der Waals surface area contributed by atoms with Crippen LogP contribution in [-0.4, -0.2) is 49.6 Å². The number of hydrogen-bond acceptors (Lipinski definition) is 12. The molecule has 3 unspecified atom stereocenters. The molecule has 0 bridgehead atoms. The summed E-state index contributed by atoms with van der Waals surface area (Å²) in [5.74, 6) is 0.553. The fourth-order valence-electron chi connectivity index (χ4n) is 4.62. The van der Waals surface area contributed by atoms with E-state index >= 15 is 0 Å². The van der Waals surface area contributed by atoms with Gasteiger partial charge in [-0.25, -0.2) is 0 Å². The fraction of sp³-hybridized carbons (Fsp3) is 0.222. The van der Waals surface area contributed by atoms with Gasteiger partial charge in [0.25, 0.3) is 20.2 Å². The molecule has 224 valence electrons. The first-order valence-electron chi connectivity index (χ1n) is 12.7. The summed E-state index contributed by atoms with van der Waals surface area (Å²) in [6.07, 6.45) is 13.5. The Kier molecular flexibility index (Phi) is 8.49. The Morgan fingerprint density at radius 2 is 1.72 bits per heavy atom. The van der Waals surface area contributed by atoms with Crippen LogP contribution in [0.2, 0.25) is 0 Å². The molecule has 43 heavy (non-hydrogen) atoms. The minimum Gasteiger partial charge on any atom is -0.494 e. The standard InChI is InChI=1S/C27H26N6O7S3/c1-15-11-21(31-33-26-25(29-27(28)41-26)18-8-7-16-5-3-4-6-17(16)12-18)23(40-2)14-20(15)30-32-22-13-19(42(34,35)36)9-10-24(22)43(37,38)39/h3-5,7-14,17,25-26H,6H2,1-2H3,(H2,28,29)(H,34,35,36)(H,37,38,39)/b32-30+,33-31+. The second-order valence-electron chi connectivity index (χ2n) is 9.66. The molecular formula is C27H26N6O7S3. The molecule has 4 N–H and O–H groups in total. The van der Waals surface area contributed by atoms with Gasteiger partial charge in [0.2, 0.25) is 0 Å². The number of amidine groups is 1. The summed E-state index contributed by atoms with van der Waals surface area (Å²) in [6, 6.07) is 5.22. The molecule has 0 radical (unpaired) electrons. The number of allylic oxidation sites excluding steroid dienone is 6. The van der Waals surface area contributed by atoms with Crippen LogP contribution in [0.15, 0.2) is 113 Å². The number of rotatable bonds is 8. The van der Waals surface area contributed by atoms with E-state index < -0.39 is 41.1 Å². The van der Waals surface area contributed by atoms with Gasteiger partial charge in [0, 0.05) is 12.0 Å². The minimum atomic E-state index is -4.78. The Balaban J connectivity index is 1.42. The van der Waals surface area contributed by atoms with Gasteiger partial charge in [-0.1, -0.05) is 48.2 Å². The number of thioether (sulfide) groups is 1. The van der Waals surface area contributed by atoms with Gasteiger partial charge in [0.05, 0.1) is 17.7 Å². The fourth-order valence-corrected chi connectivity index (χ4v) is 6.59. The van der Waals surface area contributed by atoms with Crippen LogP contribution in [0.5, 0.6) is 5.75 Å². The van der Waals surface area contributed by atoms with Crippen molar-refractivity contribution in [3.63, 3.8) is 0 Å². The monoisotopic (exact) mass is 642 g/mol. The highest BCUT2D eigenvalue weighted by molar-refractivity contribution is 8.14. The van der Waals surface area contributed by atoms with Gasteiger partial charge in [-0.2, -0.15) is 32.2 Å². The first-order valence-corrected chi connectivity index (χ1v) is 16.5. The van der Waals surface area contributed by atoms with E-state index in [1.807, 2.05) is 12.2 Å². The van der Waals surface area contributed by atoms with Gasteiger partial charge in [0.1, 0.15) is 28.1 Å². The third kappa shape index (κ3) is 6.83. The Morgan fingerprint density at radius 1 is 0.977 bits per heavy atom. The second kappa shape index (κ2) is 12.0. The molecule has 13 nitrogen and oxygen atoms in total. The summed E-state index contributed by atoms with van der Waals surface area (Å²) < 4.78 is 71.0. The van der Waals surface area contributed by atoms with E-state index in [0.717, 1.165) is 30.2 Å². The van der Waals surface area contributed by atoms with E-state index in [0.29, 0.717) is 16.4 Å². The zero-order valence-corrected chi connectivity index (χ0v) is 25.2. The van der Waals surface area contributed by atoms with Gasteiger partial charge in [0.15, 0.2) is 10.5 Å². The van der Waals surface area contributed by atoms with E-state index in [4.69, 9.17) is 10.5 Å². The number of azo groups is 2. The topological polar surface area (TPSA) is 206 Å². The third-order valence-electron chi connectivity index (χ3n) is 6.77. The van der Waals surface area contributed by atoms with E-state index in [9.17, 15) is 25.9 Å². The zero-order chi connectivity index (χ0) is 30.9. The molecule has 5 rings (SSSR count). The highest BCUT2D eigenvalue weighted by Gasteiger charge is 2.33. The number of ether oxygens (including phenoxy) is 1. The van der Waals surface area contributed by atoms with Crippen LogP contribution in [0.3, 0.4) is 0 Å². The van der Waals surface area contributed by atoms with Crippen molar-refractivity contribution in [2.75, 3.05) is 7.11 Å². The highest BCUT2D eigenvalue weighted by atomic mass is 32.2. The largest absolute Gasteiger partial charge is 0.494 e. The van der Waals surface area contributed by atoms with Crippen molar-refractivity contribution in [1.82, 2.24) is 0 Å². The summed E-state index contributed by atoms with van der Waals surface area (Å²) >= 11 is 1.31. The SMILES string of the molecule is COc1cc(/N=N/c2cc(S(=O)(=O)O)ccc2S(=O)(=O)O)c(C)cc1/N=N/C1SC(N)=NC1C1=CC2CC=CC=C2C=C1. The van der Waals surface area contributed by atoms with Gasteiger partial charge >= 0.3 is 0 Å². The number of benzene rings is 2. The van der Waals surface area contributed by atoms with Crippen LogP contribution in [0, 0.1) is 12.8 Å². The Labute approximate surface area is 252 Å². The maximum atomic E-state index is 11.8. The maximum absolute atomic E-state index is 11.8. The molecule has 0 aromatic heterocycles. The van der Waals surface area contributed by atoms with E-state index in [1.165, 1.54) is 30.5 Å². The molecule has 2 aromatic rings. The highest BCUT2D eigenvalue weighted by Crippen LogP contribution is 2.40. The molecule has 0 fully saturated rings. The smallest absolute Gasteiger partial charge is 0.296 e. The molecule has 2 aromatic carbocycles. The van der Waals surface area contributed by atoms with E-state index in [1.54, 1.807) is 13.0 Å². The Morgan fingerprint density at radius 3 is 2.44 bits per heavy atom. The minimum absolute atomic E-state index is 0.234. The Hall–Kier alpha value is -3.96. The lowest BCUT2D eigenvalue weighted by molar-refractivity contribution is 0.415. The number of fused-ring (bicyclic) bond motifs is 1. The van der Waals surface area contributed by atoms with Gasteiger partial charge in [-0.15, -0.1) is 5.11 Å². The average Bonchev–Trinajstić information content (AvgIpc) is 3.34. The average molecular weight is 643 g/mol. The van der Waals surface area contributed by atoms with Crippen molar-refractivity contribution in [2.24, 2.45) is 37.1 Å². The molecule has 3 aliphatic rings. The summed E-state index contributed by atoms with van der Waals surface area (Å²) in [7, 11) is -8.04. The van der Waals surface area contributed by atoms with Crippen LogP contribution in [0.1, 0.15) is 12.0 Å². The lowest BCUT2D eigenvalue weighted by Gasteiger charge is -2.23. The van der Waals surface area contributed by atoms with Crippen LogP contribution in [-0.2, 0) is 20.2 Å². The summed E-state index contributed by atoms with van der Waals surface area (Å²) in [5.41, 5.74) is 8.98. The number of aliphatic imine (C=N–C) groups is 1. The number of methoxy groups -OCH3 is 1. The van der Waals surface area contributed by atoms with Crippen LogP contribution in [0.4, 0.5) is 17.1 Å². The number of aryl methyl sites for hydroxylation is 1. The van der Waals surface area contributed by atoms with E-state index in [2.05, 4.69) is 49.8 Å². The van der Waals surface area contributed by atoms with Crippen LogP contribution >= 0.6 is 11.8 Å². The lowest BCUT2D eigenvalue weighted by atomic mass is 9.84. The van der Waals surface area contributed by atoms with Gasteiger partial charge in [-0.05, 0) is 54.3 Å². The molecule has 16 heteroatoms. The molecule has 3 atom stereocenters. The van der Waals surface area contributed by atoms with Crippen LogP contribution < -0.4 is 10.5 Å². The normalized spacial score (nSPS) is 22.0. The van der Waals surface area contributed by atoms with Crippen molar-refractivity contribution >= 4 is 54.2 Å². The molecule has 0 saturated heterocycles. The molecule has 1 aliphatic heterocycles. The number of hydrogen-bond donors (Lipinski definition) is 3. The number of nitrogens with zero attached hydrogens (tertiary/aromatic N) is 5. The predicted molar refractivity (Wildman–Crippen MR) is 162 cm³/mol. The van der Waals surface area contributed by atoms with Crippen molar-refractivity contribution in [2.45, 2.75) is 34.6 Å². The number of nitrogens with two attached hydrogens (primary N) is 1. The molecule has 0 saturated carbocycles. The summed E-state index contributed by atoms with van der Waals surface area (Å²) in [5, 5.41) is 16.8. The molecule has 2 aliphatic carbocycles. The van der Waals surface area contributed by atoms with Gasteiger partial charge < -0.3 is 10.5 Å². The summed E-state index contributed by atoms with van der Waals surface area (Å²) in [4.78, 5) is 3.27. The lowest BCUT2D eigenvalue weighted by Crippen LogP contribution is -2.20. The second-order valence-corrected chi connectivity index (χ2v) is 13.6. The van der Waals surface area contributed by atoms with E-state index in [-0.39, 0.29) is 23.4 Å². The van der Waals surface area contributed by atoms with Gasteiger partial charge in [-0.3, -0.25) is 14.1 Å². The molecule has 0 amide bonds. The quantitative estimate of drug-likeness (QED) is 0.236. The van der Waals surface area contributed by atoms with Crippen LogP contribution in [0.25, 0.3) is 0 Å². The predicted octanol–water partition coefficient (Wildman–Crippen LogP) is 5.75. The van der Waals surface area contributed by atoms with Crippen molar-refractivity contribution in [3.05, 3.63) is 83.5 Å².